The maximum Gasteiger partial charge on any atom is 0.692 e. The fraction of sp³-hybridized carbons (Fsp3) is 0.667. The van der Waals surface area contributed by atoms with Gasteiger partial charge in [-0.15, -0.1) is 19.6 Å². The predicted octanol–water partition coefficient (Wildman–Crippen LogP) is -1.42. The summed E-state index contributed by atoms with van der Waals surface area (Å²) in [6, 6.07) is -0.816. The monoisotopic (exact) mass is 283 g/mol. The van der Waals surface area contributed by atoms with Crippen LogP contribution in [0.1, 0.15) is 0 Å². The van der Waals surface area contributed by atoms with Gasteiger partial charge in [0.2, 0.25) is 0 Å². The summed E-state index contributed by atoms with van der Waals surface area (Å²) in [5, 5.41) is 8.01. The molecular formula is C3H11NO8P2S+2. The van der Waals surface area contributed by atoms with E-state index in [-0.39, 0.29) is 5.75 Å². The first-order chi connectivity index (χ1) is 6.64. The molecule has 0 aromatic heterocycles. The molecule has 0 rings (SSSR count). The lowest BCUT2D eigenvalue weighted by molar-refractivity contribution is -0.137. The van der Waals surface area contributed by atoms with Crippen molar-refractivity contribution in [2.75, 3.05) is 5.75 Å². The van der Waals surface area contributed by atoms with E-state index in [1.807, 2.05) is 0 Å². The molecule has 1 atom stereocenters. The molecule has 0 saturated carbocycles. The van der Waals surface area contributed by atoms with Gasteiger partial charge in [0.25, 0.3) is 0 Å². The van der Waals surface area contributed by atoms with Crippen LogP contribution >= 0.6 is 29.1 Å². The van der Waals surface area contributed by atoms with Crippen molar-refractivity contribution in [3.63, 3.8) is 0 Å². The summed E-state index contributed by atoms with van der Waals surface area (Å²) in [6.45, 7) is 0. The zero-order chi connectivity index (χ0) is 13.0. The van der Waals surface area contributed by atoms with Crippen LogP contribution in [0.2, 0.25) is 0 Å². The molecule has 0 aliphatic carbocycles. The molecule has 0 aliphatic heterocycles. The third kappa shape index (κ3) is 57.0. The highest BCUT2D eigenvalue weighted by molar-refractivity contribution is 7.80. The van der Waals surface area contributed by atoms with Crippen LogP contribution in [0.15, 0.2) is 0 Å². The van der Waals surface area contributed by atoms with Gasteiger partial charge < -0.3 is 10.8 Å². The molecule has 90 valence electrons. The molecule has 9 nitrogen and oxygen atoms in total. The van der Waals surface area contributed by atoms with Gasteiger partial charge >= 0.3 is 22.5 Å². The molecule has 0 saturated heterocycles. The highest BCUT2D eigenvalue weighted by Gasteiger charge is 2.06. The predicted molar refractivity (Wildman–Crippen MR) is 53.6 cm³/mol. The second-order valence-electron chi connectivity index (χ2n) is 1.63. The van der Waals surface area contributed by atoms with E-state index in [0.717, 1.165) is 0 Å². The van der Waals surface area contributed by atoms with E-state index in [1.165, 1.54) is 0 Å². The lowest BCUT2D eigenvalue weighted by Crippen LogP contribution is -2.31. The van der Waals surface area contributed by atoms with Crippen LogP contribution < -0.4 is 5.73 Å². The van der Waals surface area contributed by atoms with Crippen molar-refractivity contribution in [3.8, 4) is 0 Å². The third-order valence-corrected chi connectivity index (χ3v) is 0.907. The Hall–Kier alpha value is -0.180. The van der Waals surface area contributed by atoms with E-state index in [0.29, 0.717) is 0 Å². The first-order valence-corrected chi connectivity index (χ1v) is 5.90. The van der Waals surface area contributed by atoms with Gasteiger partial charge in [-0.2, -0.15) is 12.6 Å². The van der Waals surface area contributed by atoms with Gasteiger partial charge in [0.1, 0.15) is 6.04 Å². The summed E-state index contributed by atoms with van der Waals surface area (Å²) in [5.41, 5.74) is 4.94. The lowest BCUT2D eigenvalue weighted by Gasteiger charge is -1.96. The number of carboxylic acids is 1. The van der Waals surface area contributed by atoms with Crippen LogP contribution in [0.4, 0.5) is 0 Å². The van der Waals surface area contributed by atoms with Crippen molar-refractivity contribution in [1.29, 1.82) is 0 Å². The molecule has 12 heteroatoms. The molecule has 0 amide bonds. The van der Waals surface area contributed by atoms with Crippen molar-refractivity contribution < 1.29 is 38.6 Å². The highest BCUT2D eigenvalue weighted by Crippen LogP contribution is 1.98. The van der Waals surface area contributed by atoms with Gasteiger partial charge in [0.05, 0.1) is 0 Å². The molecule has 0 spiro atoms. The summed E-state index contributed by atoms with van der Waals surface area (Å²) in [6.07, 6.45) is 0. The molecule has 0 aromatic rings. The zero-order valence-corrected chi connectivity index (χ0v) is 9.85. The molecule has 0 radical (unpaired) electrons. The maximum atomic E-state index is 9.76. The summed E-state index contributed by atoms with van der Waals surface area (Å²) < 4.78 is 17.4. The molecule has 0 bridgehead atoms. The minimum absolute atomic E-state index is 0.190. The minimum atomic E-state index is -2.87. The third-order valence-electron chi connectivity index (χ3n) is 0.514. The number of thiol groups is 1. The Labute approximate surface area is 91.9 Å². The lowest BCUT2D eigenvalue weighted by atomic mass is 10.4. The molecule has 0 heterocycles. The second-order valence-corrected chi connectivity index (χ2v) is 3.01. The minimum Gasteiger partial charge on any atom is -0.480 e. The van der Waals surface area contributed by atoms with Crippen LogP contribution in [0.3, 0.4) is 0 Å². The number of hydrogen-bond donors (Lipinski definition) is 7. The summed E-state index contributed by atoms with van der Waals surface area (Å²) in [7, 11) is -5.74. The number of rotatable bonds is 2. The average Bonchev–Trinajstić information content (AvgIpc) is 2.00. The van der Waals surface area contributed by atoms with Crippen LogP contribution in [-0.4, -0.2) is 42.4 Å². The fourth-order valence-corrected chi connectivity index (χ4v) is 0.234. The summed E-state index contributed by atoms with van der Waals surface area (Å²) >= 11 is 3.65. The normalized spacial score (nSPS) is 9.73. The quantitative estimate of drug-likeness (QED) is 0.236. The van der Waals surface area contributed by atoms with Crippen LogP contribution in [-0.2, 0) is 13.9 Å². The number of hydrogen-bond acceptors (Lipinski definition) is 5. The van der Waals surface area contributed by atoms with E-state index < -0.39 is 28.5 Å². The molecular weight excluding hydrogens is 272 g/mol. The van der Waals surface area contributed by atoms with Gasteiger partial charge in [-0.1, -0.05) is 0 Å². The Bertz CT molecular complexity index is 192. The Morgan fingerprint density at radius 1 is 1.20 bits per heavy atom. The fourth-order valence-electron chi connectivity index (χ4n) is 0.0781. The molecule has 0 unspecified atom stereocenters. The van der Waals surface area contributed by atoms with Crippen molar-refractivity contribution in [1.82, 2.24) is 0 Å². The molecule has 0 aromatic carbocycles. The smallest absolute Gasteiger partial charge is 0.480 e. The highest BCUT2D eigenvalue weighted by atomic mass is 32.1. The number of carboxylic acid groups (broad SMARTS) is 1. The van der Waals surface area contributed by atoms with Gasteiger partial charge in [0, 0.05) is 14.9 Å². The molecule has 0 aliphatic rings. The molecule has 0 fully saturated rings. The number of nitrogens with two attached hydrogens (primary N) is 1. The summed E-state index contributed by atoms with van der Waals surface area (Å²) in [5.74, 6) is -0.815. The Balaban J connectivity index is -0.000000155. The standard InChI is InChI=1S/C3H7NO2S.2HO3P/c4-2(1-7)3(5)6;2*1-4(2)3/h2,7H,1,4H2,(H,5,6);2*(H-,1,2,3)/p+2/t2-;;/m0../s1. The summed E-state index contributed by atoms with van der Waals surface area (Å²) in [4.78, 5) is 38.2. The van der Waals surface area contributed by atoms with Crippen molar-refractivity contribution >= 4 is 35.1 Å². The Morgan fingerprint density at radius 2 is 1.40 bits per heavy atom. The zero-order valence-electron chi connectivity index (χ0n) is 7.16. The van der Waals surface area contributed by atoms with Crippen LogP contribution in [0.5, 0.6) is 0 Å². The van der Waals surface area contributed by atoms with Crippen LogP contribution in [0, 0.1) is 0 Å². The largest absolute Gasteiger partial charge is 0.692 e. The van der Waals surface area contributed by atoms with Gasteiger partial charge in [0.15, 0.2) is 0 Å². The van der Waals surface area contributed by atoms with Crippen molar-refractivity contribution in [2.24, 2.45) is 5.73 Å². The van der Waals surface area contributed by atoms with E-state index >= 15 is 0 Å². The maximum absolute atomic E-state index is 9.76. The van der Waals surface area contributed by atoms with Crippen LogP contribution in [0.25, 0.3) is 0 Å². The van der Waals surface area contributed by atoms with Gasteiger partial charge in [-0.05, 0) is 0 Å². The van der Waals surface area contributed by atoms with E-state index in [1.54, 1.807) is 0 Å². The molecule has 7 N–H and O–H groups in total. The second kappa shape index (κ2) is 13.8. The van der Waals surface area contributed by atoms with E-state index in [9.17, 15) is 4.79 Å². The van der Waals surface area contributed by atoms with E-state index in [4.69, 9.17) is 39.5 Å². The van der Waals surface area contributed by atoms with Gasteiger partial charge in [-0.3, -0.25) is 4.79 Å². The first kappa shape index (κ1) is 20.3. The Kier molecular flexibility index (Phi) is 18.7. The van der Waals surface area contributed by atoms with E-state index in [2.05, 4.69) is 12.6 Å². The van der Waals surface area contributed by atoms with Crippen molar-refractivity contribution in [2.45, 2.75) is 6.04 Å². The topological polar surface area (TPSA) is 178 Å². The SMILES string of the molecule is N[C@@H](CS)C(=O)O.O=[P+](O)O.O=[P+](O)O. The number of carbonyl (C=O) groups is 1. The van der Waals surface area contributed by atoms with Gasteiger partial charge in [-0.25, -0.2) is 0 Å². The average molecular weight is 283 g/mol. The first-order valence-electron chi connectivity index (χ1n) is 2.94. The molecule has 15 heavy (non-hydrogen) atoms. The Morgan fingerprint density at radius 3 is 1.40 bits per heavy atom. The number of aliphatic carboxylic acids is 1. The van der Waals surface area contributed by atoms with Crippen molar-refractivity contribution in [3.05, 3.63) is 0 Å².